The molecule has 182 valence electrons. The number of anilines is 1. The standard InChI is InChI=1S/C22H28N6O5S/c1-3-8-34-22-24-19(23-14-9-13(14)11-4-6-12(32-2)7-5-11)16-20(25-22)28(27-26-16)21-18(31)17(30)15(10-29)33-21/h4-7,13-15,17-18,21,29-31H,3,8-10H2,1-2H3,(H,23,24,25)/t13?,14?,15-,17-,18-,21-/m1/s1. The van der Waals surface area contributed by atoms with Crippen molar-refractivity contribution in [3.63, 3.8) is 0 Å². The molecule has 4 N–H and O–H groups in total. The van der Waals surface area contributed by atoms with Gasteiger partial charge in [-0.15, -0.1) is 5.10 Å². The highest BCUT2D eigenvalue weighted by molar-refractivity contribution is 7.99. The Labute approximate surface area is 200 Å². The average molecular weight is 489 g/mol. The number of nitrogens with one attached hydrogen (secondary N) is 1. The molecule has 1 saturated carbocycles. The summed E-state index contributed by atoms with van der Waals surface area (Å²) in [5, 5.41) is 42.6. The van der Waals surface area contributed by atoms with Gasteiger partial charge in [0.2, 0.25) is 0 Å². The van der Waals surface area contributed by atoms with Gasteiger partial charge in [0, 0.05) is 17.7 Å². The Kier molecular flexibility index (Phi) is 6.58. The van der Waals surface area contributed by atoms with E-state index < -0.39 is 31.1 Å². The Balaban J connectivity index is 1.43. The summed E-state index contributed by atoms with van der Waals surface area (Å²) in [4.78, 5) is 9.30. The summed E-state index contributed by atoms with van der Waals surface area (Å²) in [7, 11) is 1.65. The number of fused-ring (bicyclic) bond motifs is 1. The minimum atomic E-state index is -1.27. The lowest BCUT2D eigenvalue weighted by Gasteiger charge is -2.15. The van der Waals surface area contributed by atoms with Crippen LogP contribution in [0.15, 0.2) is 29.4 Å². The first-order valence-electron chi connectivity index (χ1n) is 11.3. The quantitative estimate of drug-likeness (QED) is 0.255. The van der Waals surface area contributed by atoms with Gasteiger partial charge in [-0.1, -0.05) is 36.0 Å². The normalized spacial score (nSPS) is 28.4. The minimum absolute atomic E-state index is 0.189. The highest BCUT2D eigenvalue weighted by Gasteiger charge is 2.45. The summed E-state index contributed by atoms with van der Waals surface area (Å²) in [5.41, 5.74) is 2.07. The summed E-state index contributed by atoms with van der Waals surface area (Å²) in [6.07, 6.45) is -2.52. The number of ether oxygens (including phenoxy) is 2. The predicted octanol–water partition coefficient (Wildman–Crippen LogP) is 1.31. The van der Waals surface area contributed by atoms with Crippen LogP contribution in [-0.2, 0) is 4.74 Å². The molecule has 0 spiro atoms. The smallest absolute Gasteiger partial charge is 0.191 e. The number of hydrogen-bond acceptors (Lipinski definition) is 11. The molecule has 6 atom stereocenters. The zero-order chi connectivity index (χ0) is 23.8. The molecule has 34 heavy (non-hydrogen) atoms. The van der Waals surface area contributed by atoms with Gasteiger partial charge in [0.1, 0.15) is 24.1 Å². The van der Waals surface area contributed by atoms with Crippen LogP contribution >= 0.6 is 11.8 Å². The van der Waals surface area contributed by atoms with E-state index in [4.69, 9.17) is 14.5 Å². The van der Waals surface area contributed by atoms with Crippen LogP contribution < -0.4 is 10.1 Å². The molecule has 11 nitrogen and oxygen atoms in total. The van der Waals surface area contributed by atoms with Gasteiger partial charge >= 0.3 is 0 Å². The Hall–Kier alpha value is -2.51. The van der Waals surface area contributed by atoms with Gasteiger partial charge in [-0.2, -0.15) is 4.68 Å². The Morgan fingerprint density at radius 1 is 1.21 bits per heavy atom. The van der Waals surface area contributed by atoms with Gasteiger partial charge in [0.15, 0.2) is 28.4 Å². The predicted molar refractivity (Wildman–Crippen MR) is 125 cm³/mol. The van der Waals surface area contributed by atoms with Gasteiger partial charge in [-0.25, -0.2) is 9.97 Å². The lowest BCUT2D eigenvalue weighted by molar-refractivity contribution is -0.0575. The number of aliphatic hydroxyl groups is 3. The molecule has 0 amide bonds. The monoisotopic (exact) mass is 488 g/mol. The molecule has 1 aliphatic heterocycles. The third kappa shape index (κ3) is 4.31. The second-order valence-electron chi connectivity index (χ2n) is 8.50. The van der Waals surface area contributed by atoms with E-state index in [0.29, 0.717) is 28.1 Å². The largest absolute Gasteiger partial charge is 0.497 e. The van der Waals surface area contributed by atoms with Crippen molar-refractivity contribution >= 4 is 28.7 Å². The molecule has 1 saturated heterocycles. The number of benzene rings is 1. The Bertz CT molecular complexity index is 1140. The number of nitrogens with zero attached hydrogens (tertiary/aromatic N) is 5. The lowest BCUT2D eigenvalue weighted by Crippen LogP contribution is -2.33. The van der Waals surface area contributed by atoms with Crippen LogP contribution in [0, 0.1) is 0 Å². The first-order chi connectivity index (χ1) is 16.5. The maximum Gasteiger partial charge on any atom is 0.191 e. The van der Waals surface area contributed by atoms with E-state index in [-0.39, 0.29) is 6.04 Å². The van der Waals surface area contributed by atoms with E-state index in [1.54, 1.807) is 7.11 Å². The first kappa shape index (κ1) is 23.2. The van der Waals surface area contributed by atoms with E-state index >= 15 is 0 Å². The number of aromatic nitrogens is 5. The molecule has 2 aliphatic rings. The first-order valence-corrected chi connectivity index (χ1v) is 12.3. The average Bonchev–Trinajstić information content (AvgIpc) is 3.40. The summed E-state index contributed by atoms with van der Waals surface area (Å²) >= 11 is 1.52. The third-order valence-corrected chi connectivity index (χ3v) is 7.21. The number of aliphatic hydroxyl groups excluding tert-OH is 3. The van der Waals surface area contributed by atoms with Crippen LogP contribution in [0.1, 0.15) is 37.5 Å². The number of methoxy groups -OCH3 is 1. The van der Waals surface area contributed by atoms with E-state index in [2.05, 4.69) is 39.7 Å². The van der Waals surface area contributed by atoms with Crippen molar-refractivity contribution in [3.8, 4) is 5.75 Å². The van der Waals surface area contributed by atoms with Crippen LogP contribution in [0.5, 0.6) is 5.75 Å². The maximum atomic E-state index is 10.5. The summed E-state index contributed by atoms with van der Waals surface area (Å²) < 4.78 is 12.3. The van der Waals surface area contributed by atoms with Gasteiger partial charge in [0.05, 0.1) is 13.7 Å². The number of thioether (sulfide) groups is 1. The van der Waals surface area contributed by atoms with Crippen LogP contribution in [0.3, 0.4) is 0 Å². The Morgan fingerprint density at radius 3 is 2.68 bits per heavy atom. The minimum Gasteiger partial charge on any atom is -0.497 e. The highest BCUT2D eigenvalue weighted by Crippen LogP contribution is 2.44. The van der Waals surface area contributed by atoms with Gasteiger partial charge < -0.3 is 30.1 Å². The molecule has 2 aromatic heterocycles. The van der Waals surface area contributed by atoms with Crippen LogP contribution in [0.2, 0.25) is 0 Å². The van der Waals surface area contributed by atoms with Crippen molar-refractivity contribution < 1.29 is 24.8 Å². The molecular formula is C22H28N6O5S. The van der Waals surface area contributed by atoms with Crippen molar-refractivity contribution in [3.05, 3.63) is 29.8 Å². The number of hydrogen-bond donors (Lipinski definition) is 4. The molecular weight excluding hydrogens is 460 g/mol. The van der Waals surface area contributed by atoms with Crippen molar-refractivity contribution in [2.24, 2.45) is 0 Å². The number of rotatable bonds is 9. The summed E-state index contributed by atoms with van der Waals surface area (Å²) in [5.74, 6) is 2.59. The van der Waals surface area contributed by atoms with Crippen molar-refractivity contribution in [2.75, 3.05) is 24.8 Å². The van der Waals surface area contributed by atoms with Crippen molar-refractivity contribution in [1.82, 2.24) is 25.0 Å². The molecule has 1 aromatic carbocycles. The summed E-state index contributed by atoms with van der Waals surface area (Å²) in [6, 6.07) is 8.25. The molecule has 0 radical (unpaired) electrons. The van der Waals surface area contributed by atoms with Gasteiger partial charge in [-0.3, -0.25) is 0 Å². The molecule has 3 heterocycles. The third-order valence-electron chi connectivity index (χ3n) is 6.15. The second kappa shape index (κ2) is 9.62. The zero-order valence-corrected chi connectivity index (χ0v) is 19.7. The Morgan fingerprint density at radius 2 is 2.00 bits per heavy atom. The molecule has 2 unspecified atom stereocenters. The lowest BCUT2D eigenvalue weighted by atomic mass is 10.1. The van der Waals surface area contributed by atoms with Crippen LogP contribution in [-0.4, -0.2) is 84.1 Å². The molecule has 2 fully saturated rings. The van der Waals surface area contributed by atoms with Crippen LogP contribution in [0.25, 0.3) is 11.2 Å². The fourth-order valence-corrected chi connectivity index (χ4v) is 4.87. The maximum absolute atomic E-state index is 10.5. The van der Waals surface area contributed by atoms with E-state index in [1.807, 2.05) is 12.1 Å². The van der Waals surface area contributed by atoms with Crippen molar-refractivity contribution in [1.29, 1.82) is 0 Å². The molecule has 0 bridgehead atoms. The molecule has 3 aromatic rings. The molecule has 1 aliphatic carbocycles. The van der Waals surface area contributed by atoms with E-state index in [0.717, 1.165) is 24.3 Å². The fourth-order valence-electron chi connectivity index (χ4n) is 4.17. The van der Waals surface area contributed by atoms with Gasteiger partial charge in [0.25, 0.3) is 0 Å². The SMILES string of the molecule is CCCSc1nc(NC2CC2c2ccc(OC)cc2)c2nnn([C@@H]3O[C@H](CO)[C@@H](O)[C@H]3O)c2n1. The van der Waals surface area contributed by atoms with Crippen molar-refractivity contribution in [2.45, 2.75) is 61.4 Å². The van der Waals surface area contributed by atoms with E-state index in [9.17, 15) is 15.3 Å². The van der Waals surface area contributed by atoms with Crippen LogP contribution in [0.4, 0.5) is 5.82 Å². The second-order valence-corrected chi connectivity index (χ2v) is 9.57. The zero-order valence-electron chi connectivity index (χ0n) is 18.9. The van der Waals surface area contributed by atoms with E-state index in [1.165, 1.54) is 22.0 Å². The molecule has 5 rings (SSSR count). The fraction of sp³-hybridized carbons (Fsp3) is 0.545. The highest BCUT2D eigenvalue weighted by atomic mass is 32.2. The topological polar surface area (TPSA) is 148 Å². The molecule has 12 heteroatoms. The van der Waals surface area contributed by atoms with Gasteiger partial charge in [-0.05, 0) is 30.5 Å². The summed E-state index contributed by atoms with van der Waals surface area (Å²) in [6.45, 7) is 1.66.